The Morgan fingerprint density at radius 3 is 2.76 bits per heavy atom. The number of hydrogen-bond acceptors (Lipinski definition) is 3. The molecule has 0 aliphatic carbocycles. The monoisotopic (exact) mass is 340 g/mol. The van der Waals surface area contributed by atoms with Crippen molar-refractivity contribution < 1.29 is 4.79 Å². The summed E-state index contributed by atoms with van der Waals surface area (Å²) in [6.45, 7) is 5.92. The van der Waals surface area contributed by atoms with E-state index in [-0.39, 0.29) is 11.5 Å². The lowest BCUT2D eigenvalue weighted by atomic mass is 10.2. The Morgan fingerprint density at radius 2 is 2.00 bits per heavy atom. The fourth-order valence-electron chi connectivity index (χ4n) is 3.17. The Hall–Kier alpha value is -2.63. The van der Waals surface area contributed by atoms with Crippen molar-refractivity contribution in [3.63, 3.8) is 0 Å². The van der Waals surface area contributed by atoms with E-state index in [1.54, 1.807) is 16.8 Å². The summed E-state index contributed by atoms with van der Waals surface area (Å²) in [5, 5.41) is 0. The predicted octanol–water partition coefficient (Wildman–Crippen LogP) is 2.69. The van der Waals surface area contributed by atoms with Gasteiger partial charge < -0.3 is 9.30 Å². The van der Waals surface area contributed by atoms with Crippen LogP contribution in [0, 0.1) is 0 Å². The van der Waals surface area contributed by atoms with Crippen molar-refractivity contribution >= 4 is 22.6 Å². The average molecular weight is 340 g/mol. The Labute approximate surface area is 146 Å². The first-order valence-corrected chi connectivity index (χ1v) is 8.89. The number of amides is 1. The summed E-state index contributed by atoms with van der Waals surface area (Å²) in [7, 11) is 0. The van der Waals surface area contributed by atoms with Crippen LogP contribution in [0.3, 0.4) is 0 Å². The van der Waals surface area contributed by atoms with Gasteiger partial charge in [0.05, 0.1) is 5.52 Å². The number of carbonyl (C=O) groups is 1. The molecule has 0 aliphatic heterocycles. The molecule has 25 heavy (non-hydrogen) atoms. The number of aryl methyl sites for hydroxylation is 1. The molecule has 0 aromatic carbocycles. The zero-order chi connectivity index (χ0) is 17.8. The molecule has 6 heteroatoms. The first-order valence-electron chi connectivity index (χ1n) is 8.89. The zero-order valence-electron chi connectivity index (χ0n) is 14.8. The molecular formula is C19H24N4O2. The molecule has 3 heterocycles. The third-order valence-corrected chi connectivity index (χ3v) is 4.56. The number of unbranched alkanes of at least 4 members (excludes halogenated alkanes) is 1. The van der Waals surface area contributed by atoms with E-state index in [9.17, 15) is 9.59 Å². The maximum Gasteiger partial charge on any atom is 0.276 e. The van der Waals surface area contributed by atoms with Gasteiger partial charge in [-0.1, -0.05) is 13.3 Å². The standard InChI is InChI=1S/C19H24N4O2/c1-3-5-12-21(4-2)17(24)10-14-23-18-15(8-6-11-20-18)22-13-7-9-16(22)19(23)25/h6-9,11,13H,3-5,10,12,14H2,1-2H3. The number of rotatable bonds is 7. The average Bonchev–Trinajstić information content (AvgIpc) is 3.12. The highest BCUT2D eigenvalue weighted by atomic mass is 16.2. The van der Waals surface area contributed by atoms with Crippen LogP contribution in [0.2, 0.25) is 0 Å². The third kappa shape index (κ3) is 3.29. The second kappa shape index (κ2) is 7.51. The van der Waals surface area contributed by atoms with Gasteiger partial charge in [0.1, 0.15) is 5.52 Å². The van der Waals surface area contributed by atoms with Crippen LogP contribution in [0.1, 0.15) is 33.1 Å². The van der Waals surface area contributed by atoms with Gasteiger partial charge in [0, 0.05) is 38.4 Å². The highest BCUT2D eigenvalue weighted by Gasteiger charge is 2.15. The van der Waals surface area contributed by atoms with Gasteiger partial charge >= 0.3 is 0 Å². The molecule has 132 valence electrons. The lowest BCUT2D eigenvalue weighted by Gasteiger charge is -2.21. The van der Waals surface area contributed by atoms with Crippen molar-refractivity contribution in [2.45, 2.75) is 39.7 Å². The highest BCUT2D eigenvalue weighted by molar-refractivity contribution is 5.77. The molecule has 0 N–H and O–H groups in total. The van der Waals surface area contributed by atoms with Crippen molar-refractivity contribution in [3.05, 3.63) is 47.0 Å². The van der Waals surface area contributed by atoms with Gasteiger partial charge in [-0.3, -0.25) is 14.2 Å². The molecule has 3 aromatic heterocycles. The van der Waals surface area contributed by atoms with E-state index in [0.717, 1.165) is 24.9 Å². The normalized spacial score (nSPS) is 11.3. The van der Waals surface area contributed by atoms with Gasteiger partial charge in [-0.15, -0.1) is 0 Å². The SMILES string of the molecule is CCCCN(CC)C(=O)CCn1c(=O)c2cccn2c2cccnc21. The summed E-state index contributed by atoms with van der Waals surface area (Å²) in [6, 6.07) is 7.44. The molecule has 0 bridgehead atoms. The second-order valence-electron chi connectivity index (χ2n) is 6.14. The van der Waals surface area contributed by atoms with Crippen LogP contribution >= 0.6 is 0 Å². The van der Waals surface area contributed by atoms with Crippen molar-refractivity contribution in [3.8, 4) is 0 Å². The second-order valence-corrected chi connectivity index (χ2v) is 6.14. The maximum atomic E-state index is 12.8. The van der Waals surface area contributed by atoms with E-state index >= 15 is 0 Å². The fraction of sp³-hybridized carbons (Fsp3) is 0.421. The predicted molar refractivity (Wildman–Crippen MR) is 98.7 cm³/mol. The molecule has 0 aliphatic rings. The lowest BCUT2D eigenvalue weighted by Crippen LogP contribution is -2.33. The summed E-state index contributed by atoms with van der Waals surface area (Å²) >= 11 is 0. The van der Waals surface area contributed by atoms with Crippen LogP contribution in [0.5, 0.6) is 0 Å². The fourth-order valence-corrected chi connectivity index (χ4v) is 3.17. The van der Waals surface area contributed by atoms with Crippen LogP contribution in [0.4, 0.5) is 0 Å². The minimum atomic E-state index is -0.111. The number of fused-ring (bicyclic) bond motifs is 3. The van der Waals surface area contributed by atoms with Gasteiger partial charge in [-0.2, -0.15) is 0 Å². The molecule has 0 radical (unpaired) electrons. The van der Waals surface area contributed by atoms with Gasteiger partial charge in [0.25, 0.3) is 5.56 Å². The Bertz CT molecular complexity index is 941. The van der Waals surface area contributed by atoms with E-state index in [1.165, 1.54) is 0 Å². The molecule has 3 aromatic rings. The van der Waals surface area contributed by atoms with Gasteiger partial charge in [-0.05, 0) is 37.6 Å². The van der Waals surface area contributed by atoms with Crippen molar-refractivity contribution in [2.75, 3.05) is 13.1 Å². The van der Waals surface area contributed by atoms with Gasteiger partial charge in [0.15, 0.2) is 5.65 Å². The highest BCUT2D eigenvalue weighted by Crippen LogP contribution is 2.13. The van der Waals surface area contributed by atoms with Crippen molar-refractivity contribution in [2.24, 2.45) is 0 Å². The van der Waals surface area contributed by atoms with Crippen molar-refractivity contribution in [1.82, 2.24) is 18.9 Å². The van der Waals surface area contributed by atoms with Crippen LogP contribution in [-0.4, -0.2) is 37.8 Å². The summed E-state index contributed by atoms with van der Waals surface area (Å²) in [6.07, 6.45) is 5.90. The Kier molecular flexibility index (Phi) is 5.16. The summed E-state index contributed by atoms with van der Waals surface area (Å²) in [5.41, 5.74) is 1.97. The van der Waals surface area contributed by atoms with E-state index in [2.05, 4.69) is 11.9 Å². The minimum Gasteiger partial charge on any atom is -0.343 e. The molecule has 0 unspecified atom stereocenters. The van der Waals surface area contributed by atoms with Crippen LogP contribution in [0.15, 0.2) is 41.5 Å². The molecule has 0 saturated heterocycles. The molecular weight excluding hydrogens is 316 g/mol. The number of pyridine rings is 1. The van der Waals surface area contributed by atoms with Gasteiger partial charge in [-0.25, -0.2) is 4.98 Å². The van der Waals surface area contributed by atoms with E-state index in [1.807, 2.05) is 40.6 Å². The minimum absolute atomic E-state index is 0.0854. The van der Waals surface area contributed by atoms with Crippen LogP contribution < -0.4 is 5.56 Å². The maximum absolute atomic E-state index is 12.8. The number of hydrogen-bond donors (Lipinski definition) is 0. The molecule has 0 fully saturated rings. The quantitative estimate of drug-likeness (QED) is 0.664. The third-order valence-electron chi connectivity index (χ3n) is 4.56. The topological polar surface area (TPSA) is 59.6 Å². The first-order chi connectivity index (χ1) is 12.2. The van der Waals surface area contributed by atoms with E-state index in [0.29, 0.717) is 30.7 Å². The lowest BCUT2D eigenvalue weighted by molar-refractivity contribution is -0.131. The number of aromatic nitrogens is 3. The molecule has 1 amide bonds. The molecule has 0 saturated carbocycles. The first kappa shape index (κ1) is 17.2. The van der Waals surface area contributed by atoms with Crippen molar-refractivity contribution in [1.29, 1.82) is 0 Å². The van der Waals surface area contributed by atoms with E-state index in [4.69, 9.17) is 0 Å². The van der Waals surface area contributed by atoms with Gasteiger partial charge in [0.2, 0.25) is 5.91 Å². The number of carbonyl (C=O) groups excluding carboxylic acids is 1. The zero-order valence-corrected chi connectivity index (χ0v) is 14.8. The largest absolute Gasteiger partial charge is 0.343 e. The smallest absolute Gasteiger partial charge is 0.276 e. The molecule has 6 nitrogen and oxygen atoms in total. The molecule has 3 rings (SSSR count). The van der Waals surface area contributed by atoms with Crippen LogP contribution in [-0.2, 0) is 11.3 Å². The molecule has 0 spiro atoms. The Morgan fingerprint density at radius 1 is 1.20 bits per heavy atom. The van der Waals surface area contributed by atoms with E-state index < -0.39 is 0 Å². The molecule has 0 atom stereocenters. The summed E-state index contributed by atoms with van der Waals surface area (Å²) in [5.74, 6) is 0.0854. The summed E-state index contributed by atoms with van der Waals surface area (Å²) < 4.78 is 3.47. The summed E-state index contributed by atoms with van der Waals surface area (Å²) in [4.78, 5) is 31.5. The Balaban J connectivity index is 1.91. The number of nitrogens with zero attached hydrogens (tertiary/aromatic N) is 4. The van der Waals surface area contributed by atoms with Crippen LogP contribution in [0.25, 0.3) is 16.7 Å².